The summed E-state index contributed by atoms with van der Waals surface area (Å²) in [4.78, 5) is 27.5. The quantitative estimate of drug-likeness (QED) is 0.395. The summed E-state index contributed by atoms with van der Waals surface area (Å²) in [6.45, 7) is 1.95. The van der Waals surface area contributed by atoms with Crippen LogP contribution in [0.2, 0.25) is 0 Å². The zero-order chi connectivity index (χ0) is 21.3. The highest BCUT2D eigenvalue weighted by atomic mass is 16.5. The van der Waals surface area contributed by atoms with Gasteiger partial charge < -0.3 is 9.84 Å². The van der Waals surface area contributed by atoms with Crippen molar-refractivity contribution in [1.29, 1.82) is 0 Å². The minimum Gasteiger partial charge on any atom is -0.507 e. The van der Waals surface area contributed by atoms with Gasteiger partial charge in [0.05, 0.1) is 18.7 Å². The van der Waals surface area contributed by atoms with E-state index in [0.29, 0.717) is 22.6 Å². The smallest absolute Gasteiger partial charge is 0.300 e. The van der Waals surface area contributed by atoms with E-state index in [9.17, 15) is 14.7 Å². The van der Waals surface area contributed by atoms with E-state index in [2.05, 4.69) is 0 Å². The van der Waals surface area contributed by atoms with Gasteiger partial charge in [0, 0.05) is 11.3 Å². The van der Waals surface area contributed by atoms with E-state index in [0.717, 1.165) is 5.56 Å². The second kappa shape index (κ2) is 7.87. The van der Waals surface area contributed by atoms with Gasteiger partial charge in [-0.05, 0) is 36.8 Å². The third-order valence-electron chi connectivity index (χ3n) is 5.24. The molecule has 1 saturated heterocycles. The van der Waals surface area contributed by atoms with Gasteiger partial charge in [-0.25, -0.2) is 0 Å². The molecule has 0 saturated carbocycles. The van der Waals surface area contributed by atoms with Crippen LogP contribution in [0.5, 0.6) is 5.75 Å². The Bertz CT molecular complexity index is 1120. The highest BCUT2D eigenvalue weighted by molar-refractivity contribution is 6.51. The molecule has 30 heavy (non-hydrogen) atoms. The van der Waals surface area contributed by atoms with Crippen molar-refractivity contribution in [2.75, 3.05) is 12.0 Å². The number of amides is 1. The van der Waals surface area contributed by atoms with Gasteiger partial charge in [-0.3, -0.25) is 14.5 Å². The van der Waals surface area contributed by atoms with E-state index >= 15 is 0 Å². The zero-order valence-electron chi connectivity index (χ0n) is 16.7. The van der Waals surface area contributed by atoms with Crippen LogP contribution in [0, 0.1) is 6.92 Å². The van der Waals surface area contributed by atoms with Gasteiger partial charge in [-0.2, -0.15) is 0 Å². The number of aliphatic hydroxyl groups excluding tert-OH is 1. The number of aryl methyl sites for hydroxylation is 1. The predicted octanol–water partition coefficient (Wildman–Crippen LogP) is 4.63. The Morgan fingerprint density at radius 2 is 1.53 bits per heavy atom. The number of benzene rings is 3. The fourth-order valence-corrected chi connectivity index (χ4v) is 3.66. The molecule has 0 bridgehead atoms. The van der Waals surface area contributed by atoms with Crippen LogP contribution in [0.4, 0.5) is 5.69 Å². The highest BCUT2D eigenvalue weighted by Gasteiger charge is 2.46. The summed E-state index contributed by atoms with van der Waals surface area (Å²) in [6, 6.07) is 22.6. The summed E-state index contributed by atoms with van der Waals surface area (Å²) in [7, 11) is 1.57. The molecule has 0 aromatic heterocycles. The van der Waals surface area contributed by atoms with E-state index in [1.54, 1.807) is 67.8 Å². The van der Waals surface area contributed by atoms with E-state index in [-0.39, 0.29) is 11.3 Å². The number of methoxy groups -OCH3 is 1. The lowest BCUT2D eigenvalue weighted by atomic mass is 9.95. The summed E-state index contributed by atoms with van der Waals surface area (Å²) in [6.07, 6.45) is 0. The number of aliphatic hydroxyl groups is 1. The molecule has 0 unspecified atom stereocenters. The van der Waals surface area contributed by atoms with Crippen LogP contribution < -0.4 is 9.64 Å². The Balaban J connectivity index is 1.92. The van der Waals surface area contributed by atoms with Gasteiger partial charge in [0.2, 0.25) is 0 Å². The lowest BCUT2D eigenvalue weighted by Gasteiger charge is -2.25. The molecule has 5 nitrogen and oxygen atoms in total. The molecule has 1 heterocycles. The lowest BCUT2D eigenvalue weighted by Crippen LogP contribution is -2.29. The Morgan fingerprint density at radius 3 is 2.13 bits per heavy atom. The van der Waals surface area contributed by atoms with Crippen molar-refractivity contribution >= 4 is 23.1 Å². The van der Waals surface area contributed by atoms with Crippen LogP contribution in [0.25, 0.3) is 5.76 Å². The van der Waals surface area contributed by atoms with Crippen LogP contribution in [0.1, 0.15) is 22.7 Å². The van der Waals surface area contributed by atoms with Crippen molar-refractivity contribution < 1.29 is 19.4 Å². The van der Waals surface area contributed by atoms with Crippen molar-refractivity contribution in [3.05, 3.63) is 101 Å². The highest BCUT2D eigenvalue weighted by Crippen LogP contribution is 2.42. The molecule has 1 atom stereocenters. The zero-order valence-corrected chi connectivity index (χ0v) is 16.7. The molecule has 3 aromatic carbocycles. The van der Waals surface area contributed by atoms with Crippen molar-refractivity contribution in [1.82, 2.24) is 0 Å². The van der Waals surface area contributed by atoms with Gasteiger partial charge in [-0.15, -0.1) is 0 Å². The number of nitrogens with zero attached hydrogens (tertiary/aromatic N) is 1. The van der Waals surface area contributed by atoms with Crippen LogP contribution in [-0.4, -0.2) is 23.9 Å². The Kier molecular flexibility index (Phi) is 5.11. The van der Waals surface area contributed by atoms with E-state index < -0.39 is 17.7 Å². The summed E-state index contributed by atoms with van der Waals surface area (Å²) < 4.78 is 5.23. The van der Waals surface area contributed by atoms with Crippen molar-refractivity contribution in [2.45, 2.75) is 13.0 Å². The van der Waals surface area contributed by atoms with Crippen LogP contribution in [0.3, 0.4) is 0 Å². The molecule has 0 spiro atoms. The summed E-state index contributed by atoms with van der Waals surface area (Å²) >= 11 is 0. The van der Waals surface area contributed by atoms with Crippen LogP contribution in [-0.2, 0) is 9.59 Å². The lowest BCUT2D eigenvalue weighted by molar-refractivity contribution is -0.132. The monoisotopic (exact) mass is 399 g/mol. The standard InChI is InChI=1S/C25H21NO4/c1-16-8-12-19(13-9-16)26-22(17-10-14-20(30-2)15-11-17)21(24(28)25(26)29)23(27)18-6-4-3-5-7-18/h3-15,22,27H,1-2H3/t22-/m1/s1. The Hall–Kier alpha value is -3.86. The minimum absolute atomic E-state index is 0.0666. The Morgan fingerprint density at radius 1 is 0.900 bits per heavy atom. The molecule has 3 aromatic rings. The van der Waals surface area contributed by atoms with E-state index in [1.807, 2.05) is 25.1 Å². The maximum atomic E-state index is 13.1. The van der Waals surface area contributed by atoms with Crippen molar-refractivity contribution in [3.8, 4) is 5.75 Å². The first-order valence-corrected chi connectivity index (χ1v) is 9.58. The number of hydrogen-bond donors (Lipinski definition) is 1. The number of hydrogen-bond acceptors (Lipinski definition) is 4. The predicted molar refractivity (Wildman–Crippen MR) is 115 cm³/mol. The minimum atomic E-state index is -0.751. The first kappa shape index (κ1) is 19.5. The first-order chi connectivity index (χ1) is 14.5. The van der Waals surface area contributed by atoms with Crippen molar-refractivity contribution in [3.63, 3.8) is 0 Å². The molecular formula is C25H21NO4. The molecule has 0 radical (unpaired) electrons. The normalized spacial score (nSPS) is 17.9. The van der Waals surface area contributed by atoms with E-state index in [4.69, 9.17) is 4.74 Å². The molecule has 1 aliphatic heterocycles. The van der Waals surface area contributed by atoms with Crippen LogP contribution >= 0.6 is 0 Å². The third-order valence-corrected chi connectivity index (χ3v) is 5.24. The maximum absolute atomic E-state index is 13.1. The molecular weight excluding hydrogens is 378 g/mol. The fourth-order valence-electron chi connectivity index (χ4n) is 3.66. The summed E-state index contributed by atoms with van der Waals surface area (Å²) in [5.74, 6) is -0.909. The molecule has 0 aliphatic carbocycles. The number of Topliss-reactive ketones (excluding diaryl/α,β-unsaturated/α-hetero) is 1. The summed E-state index contributed by atoms with van der Waals surface area (Å²) in [5, 5.41) is 11.0. The molecule has 1 fully saturated rings. The maximum Gasteiger partial charge on any atom is 0.300 e. The molecule has 4 rings (SSSR count). The largest absolute Gasteiger partial charge is 0.507 e. The number of carbonyl (C=O) groups excluding carboxylic acids is 2. The van der Waals surface area contributed by atoms with E-state index in [1.165, 1.54) is 4.90 Å². The number of carbonyl (C=O) groups is 2. The average molecular weight is 399 g/mol. The number of ether oxygens (including phenoxy) is 1. The van der Waals surface area contributed by atoms with Gasteiger partial charge >= 0.3 is 0 Å². The Labute approximate surface area is 174 Å². The number of rotatable bonds is 4. The van der Waals surface area contributed by atoms with Crippen LogP contribution in [0.15, 0.2) is 84.4 Å². The fraction of sp³-hybridized carbons (Fsp3) is 0.120. The molecule has 5 heteroatoms. The average Bonchev–Trinajstić information content (AvgIpc) is 3.05. The molecule has 1 aliphatic rings. The third kappa shape index (κ3) is 3.35. The first-order valence-electron chi connectivity index (χ1n) is 9.58. The SMILES string of the molecule is COc1ccc([C@@H]2C(=C(O)c3ccccc3)C(=O)C(=O)N2c2ccc(C)cc2)cc1. The molecule has 1 N–H and O–H groups in total. The van der Waals surface area contributed by atoms with Gasteiger partial charge in [0.25, 0.3) is 11.7 Å². The number of anilines is 1. The second-order valence-electron chi connectivity index (χ2n) is 7.14. The number of ketones is 1. The van der Waals surface area contributed by atoms with Crippen molar-refractivity contribution in [2.24, 2.45) is 0 Å². The topological polar surface area (TPSA) is 66.8 Å². The van der Waals surface area contributed by atoms with Gasteiger partial charge in [0.15, 0.2) is 0 Å². The van der Waals surface area contributed by atoms with Gasteiger partial charge in [0.1, 0.15) is 11.5 Å². The molecule has 1 amide bonds. The van der Waals surface area contributed by atoms with Gasteiger partial charge in [-0.1, -0.05) is 60.2 Å². The summed E-state index contributed by atoms with van der Waals surface area (Å²) in [5.41, 5.74) is 2.89. The second-order valence-corrected chi connectivity index (χ2v) is 7.14. The molecule has 150 valence electrons.